The summed E-state index contributed by atoms with van der Waals surface area (Å²) >= 11 is 0. The number of hydrogen-bond acceptors (Lipinski definition) is 4. The van der Waals surface area contributed by atoms with Crippen LogP contribution in [-0.2, 0) is 10.0 Å². The van der Waals surface area contributed by atoms with Gasteiger partial charge in [-0.05, 0) is 37.3 Å². The standard InChI is InChI=1S/C16H25NO4S/c1-11-7-5-6-8-13(11)17-22(18,19)16-10-14(20-3)12(2)9-15(16)21-4/h9-11,13,17H,5-8H2,1-4H3/t11-,13-/m0/s1. The fourth-order valence-electron chi connectivity index (χ4n) is 2.99. The fourth-order valence-corrected chi connectivity index (χ4v) is 4.53. The zero-order valence-corrected chi connectivity index (χ0v) is 14.5. The first kappa shape index (κ1) is 17.1. The van der Waals surface area contributed by atoms with E-state index in [-0.39, 0.29) is 10.9 Å². The zero-order chi connectivity index (χ0) is 16.3. The molecule has 0 amide bonds. The van der Waals surface area contributed by atoms with E-state index in [0.717, 1.165) is 24.8 Å². The van der Waals surface area contributed by atoms with Crippen LogP contribution in [0.1, 0.15) is 38.2 Å². The average molecular weight is 327 g/mol. The lowest BCUT2D eigenvalue weighted by molar-refractivity contribution is 0.310. The first-order valence-corrected chi connectivity index (χ1v) is 9.12. The molecule has 0 heterocycles. The number of aryl methyl sites for hydroxylation is 1. The highest BCUT2D eigenvalue weighted by Gasteiger charge is 2.29. The minimum absolute atomic E-state index is 0.0178. The van der Waals surface area contributed by atoms with Crippen LogP contribution in [0.15, 0.2) is 17.0 Å². The Hall–Kier alpha value is -1.27. The second-order valence-corrected chi connectivity index (χ2v) is 7.64. The van der Waals surface area contributed by atoms with E-state index < -0.39 is 10.0 Å². The summed E-state index contributed by atoms with van der Waals surface area (Å²) in [5.74, 6) is 1.23. The Bertz CT molecular complexity index is 627. The van der Waals surface area contributed by atoms with Crippen LogP contribution >= 0.6 is 0 Å². The molecule has 0 aromatic heterocycles. The molecular formula is C16H25NO4S. The molecule has 0 aliphatic heterocycles. The van der Waals surface area contributed by atoms with Crippen LogP contribution in [-0.4, -0.2) is 28.7 Å². The summed E-state index contributed by atoms with van der Waals surface area (Å²) in [6, 6.07) is 3.21. The monoisotopic (exact) mass is 327 g/mol. The van der Waals surface area contributed by atoms with Crippen LogP contribution in [0, 0.1) is 12.8 Å². The van der Waals surface area contributed by atoms with Crippen molar-refractivity contribution < 1.29 is 17.9 Å². The van der Waals surface area contributed by atoms with Gasteiger partial charge in [0.1, 0.15) is 16.4 Å². The minimum Gasteiger partial charge on any atom is -0.496 e. The Balaban J connectivity index is 2.35. The van der Waals surface area contributed by atoms with Gasteiger partial charge in [0.05, 0.1) is 14.2 Å². The van der Waals surface area contributed by atoms with Crippen LogP contribution in [0.2, 0.25) is 0 Å². The number of hydrogen-bond donors (Lipinski definition) is 1. The zero-order valence-electron chi connectivity index (χ0n) is 13.7. The lowest BCUT2D eigenvalue weighted by Crippen LogP contribution is -2.41. The van der Waals surface area contributed by atoms with Crippen molar-refractivity contribution in [1.82, 2.24) is 4.72 Å². The van der Waals surface area contributed by atoms with E-state index in [1.165, 1.54) is 26.7 Å². The number of methoxy groups -OCH3 is 2. The van der Waals surface area contributed by atoms with Gasteiger partial charge >= 0.3 is 0 Å². The molecule has 2 atom stereocenters. The first-order valence-electron chi connectivity index (χ1n) is 7.64. The largest absolute Gasteiger partial charge is 0.496 e. The van der Waals surface area contributed by atoms with Gasteiger partial charge in [-0.15, -0.1) is 0 Å². The maximum atomic E-state index is 12.8. The summed E-state index contributed by atoms with van der Waals surface area (Å²) < 4.78 is 38.9. The normalized spacial score (nSPS) is 22.4. The van der Waals surface area contributed by atoms with Gasteiger partial charge in [0.2, 0.25) is 10.0 Å². The van der Waals surface area contributed by atoms with Gasteiger partial charge in [-0.1, -0.05) is 19.8 Å². The fraction of sp³-hybridized carbons (Fsp3) is 0.625. The van der Waals surface area contributed by atoms with Gasteiger partial charge in [0.15, 0.2) is 0 Å². The van der Waals surface area contributed by atoms with E-state index in [4.69, 9.17) is 9.47 Å². The van der Waals surface area contributed by atoms with Crippen LogP contribution in [0.4, 0.5) is 0 Å². The average Bonchev–Trinajstić information content (AvgIpc) is 2.48. The van der Waals surface area contributed by atoms with Crippen molar-refractivity contribution in [2.75, 3.05) is 14.2 Å². The summed E-state index contributed by atoms with van der Waals surface area (Å²) in [5, 5.41) is 0. The molecule has 1 N–H and O–H groups in total. The van der Waals surface area contributed by atoms with Gasteiger partial charge in [-0.3, -0.25) is 0 Å². The van der Waals surface area contributed by atoms with E-state index in [1.807, 2.05) is 6.92 Å². The smallest absolute Gasteiger partial charge is 0.244 e. The van der Waals surface area contributed by atoms with Gasteiger partial charge in [0.25, 0.3) is 0 Å². The molecule has 1 aromatic rings. The molecule has 1 fully saturated rings. The number of rotatable bonds is 5. The van der Waals surface area contributed by atoms with Gasteiger partial charge < -0.3 is 9.47 Å². The van der Waals surface area contributed by atoms with Crippen molar-refractivity contribution in [2.45, 2.75) is 50.5 Å². The molecule has 6 heteroatoms. The number of ether oxygens (including phenoxy) is 2. The second-order valence-electron chi connectivity index (χ2n) is 5.96. The molecule has 124 valence electrons. The van der Waals surface area contributed by atoms with Crippen molar-refractivity contribution in [3.63, 3.8) is 0 Å². The van der Waals surface area contributed by atoms with Crippen LogP contribution < -0.4 is 14.2 Å². The molecule has 0 bridgehead atoms. The van der Waals surface area contributed by atoms with E-state index >= 15 is 0 Å². The molecule has 22 heavy (non-hydrogen) atoms. The second kappa shape index (κ2) is 6.87. The van der Waals surface area contributed by atoms with Crippen LogP contribution in [0.25, 0.3) is 0 Å². The molecule has 0 unspecified atom stereocenters. The molecule has 0 radical (unpaired) electrons. The molecule has 1 aliphatic carbocycles. The van der Waals surface area contributed by atoms with Crippen molar-refractivity contribution in [2.24, 2.45) is 5.92 Å². The lowest BCUT2D eigenvalue weighted by Gasteiger charge is -2.29. The van der Waals surface area contributed by atoms with Gasteiger partial charge in [-0.2, -0.15) is 0 Å². The maximum absolute atomic E-state index is 12.8. The molecule has 1 aromatic carbocycles. The third-order valence-electron chi connectivity index (χ3n) is 4.39. The van der Waals surface area contributed by atoms with Crippen molar-refractivity contribution in [3.8, 4) is 11.5 Å². The quantitative estimate of drug-likeness (QED) is 0.903. The first-order chi connectivity index (χ1) is 10.4. The summed E-state index contributed by atoms with van der Waals surface area (Å²) in [5.41, 5.74) is 0.837. The van der Waals surface area contributed by atoms with E-state index in [2.05, 4.69) is 11.6 Å². The van der Waals surface area contributed by atoms with Crippen molar-refractivity contribution >= 4 is 10.0 Å². The Morgan fingerprint density at radius 1 is 1.09 bits per heavy atom. The molecule has 1 aliphatic rings. The molecule has 1 saturated carbocycles. The van der Waals surface area contributed by atoms with E-state index in [0.29, 0.717) is 17.4 Å². The Morgan fingerprint density at radius 3 is 2.32 bits per heavy atom. The molecule has 0 saturated heterocycles. The topological polar surface area (TPSA) is 64.6 Å². The minimum atomic E-state index is -3.64. The van der Waals surface area contributed by atoms with Crippen LogP contribution in [0.5, 0.6) is 11.5 Å². The Morgan fingerprint density at radius 2 is 1.73 bits per heavy atom. The maximum Gasteiger partial charge on any atom is 0.244 e. The van der Waals surface area contributed by atoms with E-state index in [9.17, 15) is 8.42 Å². The Kier molecular flexibility index (Phi) is 5.34. The molecule has 0 spiro atoms. The Labute approximate surface area is 133 Å². The van der Waals surface area contributed by atoms with Crippen LogP contribution in [0.3, 0.4) is 0 Å². The molecular weight excluding hydrogens is 302 g/mol. The van der Waals surface area contributed by atoms with Crippen molar-refractivity contribution in [1.29, 1.82) is 0 Å². The number of sulfonamides is 1. The highest BCUT2D eigenvalue weighted by atomic mass is 32.2. The van der Waals surface area contributed by atoms with Crippen molar-refractivity contribution in [3.05, 3.63) is 17.7 Å². The molecule has 2 rings (SSSR count). The predicted octanol–water partition coefficient (Wildman–Crippen LogP) is 2.87. The highest BCUT2D eigenvalue weighted by Crippen LogP contribution is 2.33. The molecule has 5 nitrogen and oxygen atoms in total. The van der Waals surface area contributed by atoms with E-state index in [1.54, 1.807) is 6.07 Å². The summed E-state index contributed by atoms with van der Waals surface area (Å²) in [6.07, 6.45) is 4.17. The number of benzene rings is 1. The summed E-state index contributed by atoms with van der Waals surface area (Å²) in [4.78, 5) is 0.134. The summed E-state index contributed by atoms with van der Waals surface area (Å²) in [7, 11) is -0.635. The lowest BCUT2D eigenvalue weighted by atomic mass is 9.87. The summed E-state index contributed by atoms with van der Waals surface area (Å²) in [6.45, 7) is 3.95. The SMILES string of the molecule is COc1cc(S(=O)(=O)N[C@H]2CCCC[C@@H]2C)c(OC)cc1C. The third-order valence-corrected chi connectivity index (χ3v) is 5.90. The third kappa shape index (κ3) is 3.55. The number of nitrogens with one attached hydrogen (secondary N) is 1. The van der Waals surface area contributed by atoms with Gasteiger partial charge in [0, 0.05) is 12.1 Å². The van der Waals surface area contributed by atoms with Gasteiger partial charge in [-0.25, -0.2) is 13.1 Å². The predicted molar refractivity (Wildman–Crippen MR) is 86.0 cm³/mol. The highest BCUT2D eigenvalue weighted by molar-refractivity contribution is 7.89.